The van der Waals surface area contributed by atoms with Gasteiger partial charge in [-0.3, -0.25) is 4.79 Å². The van der Waals surface area contributed by atoms with Crippen molar-refractivity contribution in [1.82, 2.24) is 9.88 Å². The van der Waals surface area contributed by atoms with Crippen LogP contribution in [0.4, 0.5) is 5.82 Å². The Kier molecular flexibility index (Phi) is 4.95. The van der Waals surface area contributed by atoms with Crippen molar-refractivity contribution < 1.29 is 9.53 Å². The van der Waals surface area contributed by atoms with Crippen molar-refractivity contribution in [3.8, 4) is 0 Å². The molecule has 1 fully saturated rings. The fraction of sp³-hybridized carbons (Fsp3) is 0.600. The number of rotatable bonds is 4. The number of carbonyl (C=O) groups is 1. The molecule has 2 heterocycles. The zero-order chi connectivity index (χ0) is 14.5. The first-order valence-corrected chi connectivity index (χ1v) is 7.23. The molecule has 1 aromatic rings. The lowest BCUT2D eigenvalue weighted by Crippen LogP contribution is -2.47. The van der Waals surface area contributed by atoms with Gasteiger partial charge in [-0.15, -0.1) is 0 Å². The third-order valence-corrected chi connectivity index (χ3v) is 3.38. The number of hydrogen-bond donors (Lipinski definition) is 1. The molecule has 110 valence electrons. The predicted molar refractivity (Wildman–Crippen MR) is 79.1 cm³/mol. The van der Waals surface area contributed by atoms with Crippen LogP contribution in [0.5, 0.6) is 0 Å². The normalized spacial score (nSPS) is 18.9. The highest BCUT2D eigenvalue weighted by Crippen LogP contribution is 2.16. The second kappa shape index (κ2) is 6.70. The van der Waals surface area contributed by atoms with Gasteiger partial charge < -0.3 is 15.0 Å². The van der Waals surface area contributed by atoms with Crippen molar-refractivity contribution in [1.29, 1.82) is 0 Å². The Balaban J connectivity index is 2.18. The number of aromatic nitrogens is 1. The molecule has 2 rings (SSSR count). The van der Waals surface area contributed by atoms with E-state index in [-0.39, 0.29) is 11.9 Å². The number of anilines is 1. The molecule has 1 saturated heterocycles. The number of amides is 1. The summed E-state index contributed by atoms with van der Waals surface area (Å²) in [6.45, 7) is 8.76. The SMILES string of the molecule is CCCNc1cc(C(=O)N2CCOCC2C)cc(C)n1. The number of morpholine rings is 1. The van der Waals surface area contributed by atoms with Crippen LogP contribution in [-0.4, -0.2) is 48.1 Å². The molecule has 5 heteroatoms. The molecule has 1 unspecified atom stereocenters. The molecule has 1 N–H and O–H groups in total. The van der Waals surface area contributed by atoms with Crippen LogP contribution in [0.15, 0.2) is 12.1 Å². The van der Waals surface area contributed by atoms with Crippen molar-refractivity contribution >= 4 is 11.7 Å². The maximum atomic E-state index is 12.6. The number of ether oxygens (including phenoxy) is 1. The highest BCUT2D eigenvalue weighted by Gasteiger charge is 2.25. The standard InChI is InChI=1S/C15H23N3O2/c1-4-5-16-14-9-13(8-11(2)17-14)15(19)18-6-7-20-10-12(18)3/h8-9,12H,4-7,10H2,1-3H3,(H,16,17). The molecule has 1 aliphatic heterocycles. The first kappa shape index (κ1) is 14.8. The highest BCUT2D eigenvalue weighted by atomic mass is 16.5. The largest absolute Gasteiger partial charge is 0.377 e. The van der Waals surface area contributed by atoms with Gasteiger partial charge in [-0.2, -0.15) is 0 Å². The molecule has 5 nitrogen and oxygen atoms in total. The summed E-state index contributed by atoms with van der Waals surface area (Å²) in [6.07, 6.45) is 1.03. The first-order chi connectivity index (χ1) is 9.61. The topological polar surface area (TPSA) is 54.5 Å². The van der Waals surface area contributed by atoms with Crippen LogP contribution in [-0.2, 0) is 4.74 Å². The number of nitrogens with zero attached hydrogens (tertiary/aromatic N) is 2. The Labute approximate surface area is 120 Å². The molecule has 1 aromatic heterocycles. The number of hydrogen-bond acceptors (Lipinski definition) is 4. The van der Waals surface area contributed by atoms with Crippen molar-refractivity contribution in [3.05, 3.63) is 23.4 Å². The molecule has 1 amide bonds. The summed E-state index contributed by atoms with van der Waals surface area (Å²) in [5, 5.41) is 3.24. The molecule has 0 aromatic carbocycles. The Bertz CT molecular complexity index is 476. The monoisotopic (exact) mass is 277 g/mol. The van der Waals surface area contributed by atoms with Gasteiger partial charge in [-0.25, -0.2) is 4.98 Å². The van der Waals surface area contributed by atoms with Gasteiger partial charge in [0.05, 0.1) is 19.3 Å². The van der Waals surface area contributed by atoms with E-state index in [1.165, 1.54) is 0 Å². The second-order valence-corrected chi connectivity index (χ2v) is 5.23. The lowest BCUT2D eigenvalue weighted by Gasteiger charge is -2.33. The minimum absolute atomic E-state index is 0.0610. The summed E-state index contributed by atoms with van der Waals surface area (Å²) in [7, 11) is 0. The molecule has 1 atom stereocenters. The fourth-order valence-electron chi connectivity index (χ4n) is 2.33. The summed E-state index contributed by atoms with van der Waals surface area (Å²) >= 11 is 0. The number of carbonyl (C=O) groups excluding carboxylic acids is 1. The lowest BCUT2D eigenvalue weighted by molar-refractivity contribution is 0.00359. The molecule has 0 bridgehead atoms. The van der Waals surface area contributed by atoms with Crippen LogP contribution in [0.25, 0.3) is 0 Å². The predicted octanol–water partition coefficient (Wildman–Crippen LogP) is 2.07. The number of pyridine rings is 1. The number of aryl methyl sites for hydroxylation is 1. The molecule has 1 aliphatic rings. The zero-order valence-corrected chi connectivity index (χ0v) is 12.5. The van der Waals surface area contributed by atoms with Gasteiger partial charge in [-0.1, -0.05) is 6.92 Å². The molecule has 0 radical (unpaired) electrons. The molecular formula is C15H23N3O2. The molecule has 20 heavy (non-hydrogen) atoms. The summed E-state index contributed by atoms with van der Waals surface area (Å²) in [4.78, 5) is 18.9. The smallest absolute Gasteiger partial charge is 0.254 e. The lowest BCUT2D eigenvalue weighted by atomic mass is 10.1. The minimum Gasteiger partial charge on any atom is -0.377 e. The van der Waals surface area contributed by atoms with Crippen LogP contribution in [0.3, 0.4) is 0 Å². The van der Waals surface area contributed by atoms with Gasteiger partial charge in [0.25, 0.3) is 5.91 Å². The quantitative estimate of drug-likeness (QED) is 0.915. The van der Waals surface area contributed by atoms with Crippen molar-refractivity contribution in [2.75, 3.05) is 31.6 Å². The van der Waals surface area contributed by atoms with E-state index in [9.17, 15) is 4.79 Å². The van der Waals surface area contributed by atoms with Crippen LogP contribution in [0.2, 0.25) is 0 Å². The second-order valence-electron chi connectivity index (χ2n) is 5.23. The van der Waals surface area contributed by atoms with Gasteiger partial charge in [0, 0.05) is 24.3 Å². The van der Waals surface area contributed by atoms with E-state index in [4.69, 9.17) is 4.74 Å². The Morgan fingerprint density at radius 1 is 1.55 bits per heavy atom. The zero-order valence-electron chi connectivity index (χ0n) is 12.5. The van der Waals surface area contributed by atoms with Gasteiger partial charge in [-0.05, 0) is 32.4 Å². The average Bonchev–Trinajstić information content (AvgIpc) is 2.44. The third kappa shape index (κ3) is 3.48. The summed E-state index contributed by atoms with van der Waals surface area (Å²) in [5.41, 5.74) is 1.56. The van der Waals surface area contributed by atoms with Crippen LogP contribution in [0.1, 0.15) is 36.3 Å². The molecule has 0 spiro atoms. The maximum Gasteiger partial charge on any atom is 0.254 e. The van der Waals surface area contributed by atoms with E-state index in [1.54, 1.807) is 0 Å². The van der Waals surface area contributed by atoms with Crippen molar-refractivity contribution in [2.24, 2.45) is 0 Å². The van der Waals surface area contributed by atoms with Crippen molar-refractivity contribution in [2.45, 2.75) is 33.2 Å². The van der Waals surface area contributed by atoms with E-state index in [2.05, 4.69) is 17.2 Å². The highest BCUT2D eigenvalue weighted by molar-refractivity contribution is 5.95. The van der Waals surface area contributed by atoms with E-state index in [1.807, 2.05) is 30.9 Å². The van der Waals surface area contributed by atoms with E-state index >= 15 is 0 Å². The summed E-state index contributed by atoms with van der Waals surface area (Å²) < 4.78 is 5.38. The van der Waals surface area contributed by atoms with Crippen LogP contribution >= 0.6 is 0 Å². The summed E-state index contributed by atoms with van der Waals surface area (Å²) in [6, 6.07) is 3.81. The molecule has 0 saturated carbocycles. The van der Waals surface area contributed by atoms with Gasteiger partial charge in [0.2, 0.25) is 0 Å². The molecule has 0 aliphatic carbocycles. The van der Waals surface area contributed by atoms with Gasteiger partial charge in [0.1, 0.15) is 5.82 Å². The van der Waals surface area contributed by atoms with E-state index in [0.717, 1.165) is 24.5 Å². The van der Waals surface area contributed by atoms with Crippen molar-refractivity contribution in [3.63, 3.8) is 0 Å². The Morgan fingerprint density at radius 2 is 2.35 bits per heavy atom. The van der Waals surface area contributed by atoms with E-state index < -0.39 is 0 Å². The number of nitrogens with one attached hydrogen (secondary N) is 1. The average molecular weight is 277 g/mol. The van der Waals surface area contributed by atoms with Crippen LogP contribution in [0, 0.1) is 6.92 Å². The maximum absolute atomic E-state index is 12.6. The Hall–Kier alpha value is -1.62. The van der Waals surface area contributed by atoms with Gasteiger partial charge in [0.15, 0.2) is 0 Å². The van der Waals surface area contributed by atoms with E-state index in [0.29, 0.717) is 25.3 Å². The third-order valence-electron chi connectivity index (χ3n) is 3.38. The van der Waals surface area contributed by atoms with Gasteiger partial charge >= 0.3 is 0 Å². The summed E-state index contributed by atoms with van der Waals surface area (Å²) in [5.74, 6) is 0.835. The first-order valence-electron chi connectivity index (χ1n) is 7.23. The fourth-order valence-corrected chi connectivity index (χ4v) is 2.33. The molecular weight excluding hydrogens is 254 g/mol. The minimum atomic E-state index is 0.0610. The Morgan fingerprint density at radius 3 is 3.05 bits per heavy atom. The van der Waals surface area contributed by atoms with Crippen LogP contribution < -0.4 is 5.32 Å².